The average Bonchev–Trinajstić information content (AvgIpc) is 2.43. The second-order valence-electron chi connectivity index (χ2n) is 6.72. The molecule has 4 nitrogen and oxygen atoms in total. The maximum atomic E-state index is 12.3. The van der Waals surface area contributed by atoms with Gasteiger partial charge in [0.1, 0.15) is 0 Å². The van der Waals surface area contributed by atoms with Crippen molar-refractivity contribution in [3.8, 4) is 6.07 Å². The molecule has 3 N–H and O–H groups in total. The molecule has 0 saturated heterocycles. The highest BCUT2D eigenvalue weighted by Gasteiger charge is 2.60. The van der Waals surface area contributed by atoms with E-state index < -0.39 is 0 Å². The van der Waals surface area contributed by atoms with Gasteiger partial charge in [0.2, 0.25) is 0 Å². The molecule has 0 spiro atoms. The largest absolute Gasteiger partial charge is 0.348 e. The van der Waals surface area contributed by atoms with E-state index in [-0.39, 0.29) is 28.8 Å². The molecule has 4 heteroatoms. The summed E-state index contributed by atoms with van der Waals surface area (Å²) < 4.78 is 0. The summed E-state index contributed by atoms with van der Waals surface area (Å²) in [5.74, 6) is -0.118. The first kappa shape index (κ1) is 14.5. The van der Waals surface area contributed by atoms with Crippen LogP contribution in [-0.2, 0) is 0 Å². The van der Waals surface area contributed by atoms with Crippen LogP contribution in [0.15, 0.2) is 24.3 Å². The molecule has 0 bridgehead atoms. The summed E-state index contributed by atoms with van der Waals surface area (Å²) in [5, 5.41) is 11.8. The van der Waals surface area contributed by atoms with Crippen LogP contribution in [0, 0.1) is 22.2 Å². The Bertz CT molecular complexity index is 550. The fourth-order valence-electron chi connectivity index (χ4n) is 3.46. The zero-order valence-electron chi connectivity index (χ0n) is 12.4. The molecule has 20 heavy (non-hydrogen) atoms. The lowest BCUT2D eigenvalue weighted by Crippen LogP contribution is -2.76. The van der Waals surface area contributed by atoms with Gasteiger partial charge in [-0.3, -0.25) is 4.79 Å². The molecule has 0 heterocycles. The minimum Gasteiger partial charge on any atom is -0.348 e. The molecule has 1 saturated carbocycles. The van der Waals surface area contributed by atoms with Crippen LogP contribution in [0.1, 0.15) is 43.6 Å². The number of hydrogen-bond acceptors (Lipinski definition) is 3. The third-order valence-corrected chi connectivity index (χ3v) is 4.64. The zero-order chi connectivity index (χ0) is 15.1. The van der Waals surface area contributed by atoms with Gasteiger partial charge in [0, 0.05) is 28.5 Å². The van der Waals surface area contributed by atoms with Gasteiger partial charge in [-0.2, -0.15) is 5.26 Å². The molecule has 0 aliphatic heterocycles. The number of hydrogen-bond donors (Lipinski definition) is 2. The van der Waals surface area contributed by atoms with E-state index in [1.54, 1.807) is 24.3 Å². The third kappa shape index (κ3) is 2.08. The zero-order valence-corrected chi connectivity index (χ0v) is 12.4. The molecule has 1 aromatic rings. The van der Waals surface area contributed by atoms with E-state index in [4.69, 9.17) is 11.0 Å². The Hall–Kier alpha value is -1.86. The Balaban J connectivity index is 2.14. The Morgan fingerprint density at radius 3 is 2.15 bits per heavy atom. The lowest BCUT2D eigenvalue weighted by molar-refractivity contribution is -0.0663. The number of nitrogens with zero attached hydrogens (tertiary/aromatic N) is 1. The SMILES string of the molecule is CC1(C)C(N)C(C)(C)C1NC(=O)c1ccc(C#N)cc1. The second-order valence-corrected chi connectivity index (χ2v) is 6.72. The molecule has 0 radical (unpaired) electrons. The van der Waals surface area contributed by atoms with Crippen molar-refractivity contribution in [2.45, 2.75) is 39.8 Å². The van der Waals surface area contributed by atoms with Crippen LogP contribution < -0.4 is 11.1 Å². The first-order valence-corrected chi connectivity index (χ1v) is 6.78. The summed E-state index contributed by atoms with van der Waals surface area (Å²) >= 11 is 0. The summed E-state index contributed by atoms with van der Waals surface area (Å²) in [6.45, 7) is 8.30. The van der Waals surface area contributed by atoms with Gasteiger partial charge in [-0.05, 0) is 24.3 Å². The van der Waals surface area contributed by atoms with Crippen molar-refractivity contribution in [3.63, 3.8) is 0 Å². The predicted octanol–water partition coefficient (Wildman–Crippen LogP) is 2.05. The quantitative estimate of drug-likeness (QED) is 0.864. The first-order chi connectivity index (χ1) is 9.21. The summed E-state index contributed by atoms with van der Waals surface area (Å²) in [5.41, 5.74) is 7.07. The molecule has 0 aromatic heterocycles. The molecule has 0 atom stereocenters. The third-order valence-electron chi connectivity index (χ3n) is 4.64. The fraction of sp³-hybridized carbons (Fsp3) is 0.500. The average molecular weight is 271 g/mol. The number of nitriles is 1. The molecule has 1 aromatic carbocycles. The van der Waals surface area contributed by atoms with Crippen molar-refractivity contribution in [2.24, 2.45) is 16.6 Å². The van der Waals surface area contributed by atoms with E-state index >= 15 is 0 Å². The van der Waals surface area contributed by atoms with E-state index in [0.29, 0.717) is 11.1 Å². The van der Waals surface area contributed by atoms with Crippen molar-refractivity contribution in [1.29, 1.82) is 5.26 Å². The lowest BCUT2D eigenvalue weighted by atomic mass is 9.48. The smallest absolute Gasteiger partial charge is 0.251 e. The fourth-order valence-corrected chi connectivity index (χ4v) is 3.46. The van der Waals surface area contributed by atoms with E-state index in [1.165, 1.54) is 0 Å². The first-order valence-electron chi connectivity index (χ1n) is 6.78. The monoisotopic (exact) mass is 271 g/mol. The van der Waals surface area contributed by atoms with Crippen LogP contribution in [0.5, 0.6) is 0 Å². The van der Waals surface area contributed by atoms with Gasteiger partial charge in [0.15, 0.2) is 0 Å². The number of amides is 1. The van der Waals surface area contributed by atoms with Crippen LogP contribution in [-0.4, -0.2) is 18.0 Å². The van der Waals surface area contributed by atoms with Gasteiger partial charge in [-0.25, -0.2) is 0 Å². The summed E-state index contributed by atoms with van der Waals surface area (Å²) in [6, 6.07) is 8.78. The Labute approximate surface area is 120 Å². The van der Waals surface area contributed by atoms with Gasteiger partial charge in [-0.1, -0.05) is 27.7 Å². The van der Waals surface area contributed by atoms with E-state index in [2.05, 4.69) is 33.0 Å². The van der Waals surface area contributed by atoms with Gasteiger partial charge in [0.05, 0.1) is 11.6 Å². The highest BCUT2D eigenvalue weighted by atomic mass is 16.1. The molecular weight excluding hydrogens is 250 g/mol. The lowest BCUT2D eigenvalue weighted by Gasteiger charge is -2.62. The molecule has 1 aliphatic rings. The summed E-state index contributed by atoms with van der Waals surface area (Å²) in [7, 11) is 0. The van der Waals surface area contributed by atoms with Crippen molar-refractivity contribution in [3.05, 3.63) is 35.4 Å². The predicted molar refractivity (Wildman–Crippen MR) is 77.9 cm³/mol. The molecule has 1 fully saturated rings. The van der Waals surface area contributed by atoms with Crippen LogP contribution in [0.4, 0.5) is 0 Å². The highest BCUT2D eigenvalue weighted by Crippen LogP contribution is 2.52. The van der Waals surface area contributed by atoms with Crippen LogP contribution >= 0.6 is 0 Å². The standard InChI is InChI=1S/C16H21N3O/c1-15(2)13(18)16(3,4)14(15)19-12(20)11-7-5-10(9-17)6-8-11/h5-8,13-14H,18H2,1-4H3,(H,19,20). The minimum atomic E-state index is -0.119. The van der Waals surface area contributed by atoms with Crippen LogP contribution in [0.2, 0.25) is 0 Å². The van der Waals surface area contributed by atoms with Crippen molar-refractivity contribution < 1.29 is 4.79 Å². The van der Waals surface area contributed by atoms with Gasteiger partial charge >= 0.3 is 0 Å². The maximum absolute atomic E-state index is 12.3. The minimum absolute atomic E-state index is 0.0353. The molecule has 1 aliphatic carbocycles. The van der Waals surface area contributed by atoms with Crippen molar-refractivity contribution >= 4 is 5.91 Å². The molecule has 106 valence electrons. The molecule has 0 unspecified atom stereocenters. The number of benzene rings is 1. The highest BCUT2D eigenvalue weighted by molar-refractivity contribution is 5.94. The van der Waals surface area contributed by atoms with Crippen LogP contribution in [0.3, 0.4) is 0 Å². The summed E-state index contributed by atoms with van der Waals surface area (Å²) in [4.78, 5) is 12.3. The van der Waals surface area contributed by atoms with Gasteiger partial charge < -0.3 is 11.1 Å². The van der Waals surface area contributed by atoms with E-state index in [9.17, 15) is 4.79 Å². The molecule has 2 rings (SSSR count). The van der Waals surface area contributed by atoms with Crippen molar-refractivity contribution in [2.75, 3.05) is 0 Å². The number of nitrogens with one attached hydrogen (secondary N) is 1. The van der Waals surface area contributed by atoms with Gasteiger partial charge in [0.25, 0.3) is 5.91 Å². The number of carbonyl (C=O) groups is 1. The molecular formula is C16H21N3O. The van der Waals surface area contributed by atoms with E-state index in [0.717, 1.165) is 0 Å². The Morgan fingerprint density at radius 1 is 1.20 bits per heavy atom. The Kier molecular flexibility index (Phi) is 3.35. The number of carbonyl (C=O) groups excluding carboxylic acids is 1. The van der Waals surface area contributed by atoms with Gasteiger partial charge in [-0.15, -0.1) is 0 Å². The maximum Gasteiger partial charge on any atom is 0.251 e. The number of nitrogens with two attached hydrogens (primary N) is 1. The van der Waals surface area contributed by atoms with Crippen LogP contribution in [0.25, 0.3) is 0 Å². The second kappa shape index (κ2) is 4.60. The topological polar surface area (TPSA) is 78.9 Å². The molecule has 1 amide bonds. The Morgan fingerprint density at radius 2 is 1.70 bits per heavy atom. The summed E-state index contributed by atoms with van der Waals surface area (Å²) in [6.07, 6.45) is 0. The van der Waals surface area contributed by atoms with E-state index in [1.807, 2.05) is 6.07 Å². The van der Waals surface area contributed by atoms with Crippen molar-refractivity contribution in [1.82, 2.24) is 5.32 Å². The normalized spacial score (nSPS) is 26.2. The number of rotatable bonds is 2.